The predicted molar refractivity (Wildman–Crippen MR) is 89.9 cm³/mol. The van der Waals surface area contributed by atoms with Gasteiger partial charge in [0.1, 0.15) is 4.90 Å². The molecule has 1 heterocycles. The van der Waals surface area contributed by atoms with E-state index in [4.69, 9.17) is 27.9 Å². The van der Waals surface area contributed by atoms with Gasteiger partial charge in [0, 0.05) is 13.1 Å². The fourth-order valence-corrected chi connectivity index (χ4v) is 4.88. The second-order valence-electron chi connectivity index (χ2n) is 5.19. The summed E-state index contributed by atoms with van der Waals surface area (Å²) in [6.45, 7) is 2.18. The third kappa shape index (κ3) is 3.39. The minimum Gasteiger partial charge on any atom is -0.371 e. The van der Waals surface area contributed by atoms with Crippen molar-refractivity contribution in [1.29, 1.82) is 0 Å². The van der Waals surface area contributed by atoms with Crippen LogP contribution in [0.2, 0.25) is 10.0 Å². The second-order valence-corrected chi connectivity index (χ2v) is 7.89. The van der Waals surface area contributed by atoms with Crippen LogP contribution in [0.4, 0.5) is 0 Å². The van der Waals surface area contributed by atoms with Gasteiger partial charge in [-0.2, -0.15) is 0 Å². The summed E-state index contributed by atoms with van der Waals surface area (Å²) >= 11 is 12.1. The second kappa shape index (κ2) is 6.79. The Bertz CT molecular complexity index is 780. The van der Waals surface area contributed by atoms with E-state index in [1.165, 1.54) is 12.1 Å². The van der Waals surface area contributed by atoms with Crippen molar-refractivity contribution in [3.8, 4) is 0 Å². The largest absolute Gasteiger partial charge is 0.371 e. The van der Waals surface area contributed by atoms with Gasteiger partial charge in [-0.25, -0.2) is 8.42 Å². The minimum absolute atomic E-state index is 0.0633. The normalized spacial score (nSPS) is 18.8. The number of morpholine rings is 1. The summed E-state index contributed by atoms with van der Waals surface area (Å²) in [5.74, 6) is 0. The molecule has 0 aromatic heterocycles. The summed E-state index contributed by atoms with van der Waals surface area (Å²) in [6, 6.07) is 11.3. The van der Waals surface area contributed by atoms with Crippen molar-refractivity contribution in [3.63, 3.8) is 0 Å². The zero-order chi connectivity index (χ0) is 16.4. The van der Waals surface area contributed by atoms with Crippen LogP contribution >= 0.6 is 23.2 Å². The van der Waals surface area contributed by atoms with Crippen LogP contribution in [-0.4, -0.2) is 28.1 Å². The highest BCUT2D eigenvalue weighted by Crippen LogP contribution is 2.34. The molecule has 3 rings (SSSR count). The van der Waals surface area contributed by atoms with Crippen molar-refractivity contribution in [1.82, 2.24) is 5.32 Å². The lowest BCUT2D eigenvalue weighted by molar-refractivity contribution is 0.0277. The van der Waals surface area contributed by atoms with Crippen LogP contribution in [0.1, 0.15) is 11.7 Å². The third-order valence-electron chi connectivity index (χ3n) is 3.68. The number of benzene rings is 2. The molecule has 1 saturated heterocycles. The third-order valence-corrected chi connectivity index (χ3v) is 6.40. The van der Waals surface area contributed by atoms with Crippen LogP contribution in [0.3, 0.4) is 0 Å². The molecule has 4 nitrogen and oxygen atoms in total. The molecule has 2 aromatic carbocycles. The van der Waals surface area contributed by atoms with Crippen LogP contribution in [-0.2, 0) is 14.6 Å². The van der Waals surface area contributed by atoms with Gasteiger partial charge in [-0.1, -0.05) is 41.4 Å². The summed E-state index contributed by atoms with van der Waals surface area (Å²) < 4.78 is 31.2. The number of nitrogens with one attached hydrogen (secondary N) is 1. The quantitative estimate of drug-likeness (QED) is 0.896. The summed E-state index contributed by atoms with van der Waals surface area (Å²) in [4.78, 5) is 0.0895. The Morgan fingerprint density at radius 2 is 1.70 bits per heavy atom. The van der Waals surface area contributed by atoms with Crippen molar-refractivity contribution >= 4 is 33.0 Å². The number of hydrogen-bond donors (Lipinski definition) is 1. The monoisotopic (exact) mass is 371 g/mol. The van der Waals surface area contributed by atoms with E-state index in [9.17, 15) is 8.42 Å². The molecule has 1 fully saturated rings. The molecule has 0 aliphatic carbocycles. The molecular formula is C16H15Cl2NO3S. The van der Waals surface area contributed by atoms with E-state index in [2.05, 4.69) is 5.32 Å². The Balaban J connectivity index is 1.95. The summed E-state index contributed by atoms with van der Waals surface area (Å²) in [6.07, 6.45) is -0.0654. The Kier molecular flexibility index (Phi) is 4.94. The lowest BCUT2D eigenvalue weighted by Crippen LogP contribution is -2.33. The molecule has 1 aliphatic heterocycles. The van der Waals surface area contributed by atoms with Crippen molar-refractivity contribution in [2.75, 3.05) is 19.7 Å². The molecule has 1 unspecified atom stereocenters. The molecule has 0 bridgehead atoms. The topological polar surface area (TPSA) is 55.4 Å². The molecule has 1 atom stereocenters. The van der Waals surface area contributed by atoms with E-state index < -0.39 is 9.84 Å². The molecule has 7 heteroatoms. The molecule has 2 aromatic rings. The first-order valence-electron chi connectivity index (χ1n) is 7.11. The van der Waals surface area contributed by atoms with E-state index in [1.807, 2.05) is 0 Å². The number of sulfone groups is 1. The van der Waals surface area contributed by atoms with Crippen LogP contribution in [0, 0.1) is 0 Å². The smallest absolute Gasteiger partial charge is 0.209 e. The number of halogens is 2. The molecule has 122 valence electrons. The maximum absolute atomic E-state index is 12.8. The first-order chi connectivity index (χ1) is 11.0. The van der Waals surface area contributed by atoms with Gasteiger partial charge in [-0.3, -0.25) is 0 Å². The molecule has 1 N–H and O–H groups in total. The summed E-state index contributed by atoms with van der Waals surface area (Å²) in [5.41, 5.74) is 0.932. The van der Waals surface area contributed by atoms with E-state index in [-0.39, 0.29) is 25.9 Å². The van der Waals surface area contributed by atoms with Gasteiger partial charge in [0.25, 0.3) is 0 Å². The van der Waals surface area contributed by atoms with Crippen LogP contribution in [0.5, 0.6) is 0 Å². The summed E-state index contributed by atoms with van der Waals surface area (Å²) in [5, 5.41) is 3.47. The van der Waals surface area contributed by atoms with Gasteiger partial charge in [-0.05, 0) is 29.8 Å². The Hall–Kier alpha value is -1.11. The van der Waals surface area contributed by atoms with Crippen LogP contribution in [0.15, 0.2) is 52.3 Å². The van der Waals surface area contributed by atoms with Crippen molar-refractivity contribution < 1.29 is 13.2 Å². The van der Waals surface area contributed by atoms with Crippen LogP contribution in [0.25, 0.3) is 0 Å². The van der Waals surface area contributed by atoms with Crippen molar-refractivity contribution in [3.05, 3.63) is 58.1 Å². The maximum atomic E-state index is 12.8. The molecule has 0 amide bonds. The highest BCUT2D eigenvalue weighted by Gasteiger charge is 2.24. The molecule has 0 spiro atoms. The van der Waals surface area contributed by atoms with Gasteiger partial charge in [0.2, 0.25) is 9.84 Å². The van der Waals surface area contributed by atoms with Crippen LogP contribution < -0.4 is 5.32 Å². The predicted octanol–water partition coefficient (Wildman–Crippen LogP) is 3.49. The highest BCUT2D eigenvalue weighted by molar-refractivity contribution is 7.91. The first-order valence-corrected chi connectivity index (χ1v) is 9.35. The number of rotatable bonds is 3. The average Bonchev–Trinajstić information content (AvgIpc) is 2.55. The molecular weight excluding hydrogens is 357 g/mol. The highest BCUT2D eigenvalue weighted by atomic mass is 35.5. The zero-order valence-corrected chi connectivity index (χ0v) is 14.5. The average molecular weight is 372 g/mol. The standard InChI is InChI=1S/C16H15Cl2NO3S/c17-13-2-1-3-14(18)16(13)23(20,21)12-6-4-11(5-7-12)15-10-19-8-9-22-15/h1-7,15,19H,8-10H2. The lowest BCUT2D eigenvalue weighted by atomic mass is 10.1. The van der Waals surface area contributed by atoms with E-state index in [0.29, 0.717) is 13.2 Å². The lowest BCUT2D eigenvalue weighted by Gasteiger charge is -2.24. The van der Waals surface area contributed by atoms with Crippen molar-refractivity contribution in [2.45, 2.75) is 15.9 Å². The van der Waals surface area contributed by atoms with Gasteiger partial charge in [-0.15, -0.1) is 0 Å². The Labute approximate surface area is 145 Å². The number of hydrogen-bond acceptors (Lipinski definition) is 4. The van der Waals surface area contributed by atoms with Gasteiger partial charge >= 0.3 is 0 Å². The van der Waals surface area contributed by atoms with Gasteiger partial charge < -0.3 is 10.1 Å². The maximum Gasteiger partial charge on any atom is 0.209 e. The fourth-order valence-electron chi connectivity index (χ4n) is 2.50. The SMILES string of the molecule is O=S(=O)(c1ccc(C2CNCCO2)cc1)c1c(Cl)cccc1Cl. The fraction of sp³-hybridized carbons (Fsp3) is 0.250. The van der Waals surface area contributed by atoms with E-state index in [1.54, 1.807) is 30.3 Å². The minimum atomic E-state index is -3.77. The Morgan fingerprint density at radius 3 is 2.26 bits per heavy atom. The van der Waals surface area contributed by atoms with Gasteiger partial charge in [0.05, 0.1) is 27.7 Å². The zero-order valence-electron chi connectivity index (χ0n) is 12.1. The molecule has 0 saturated carbocycles. The molecule has 1 aliphatic rings. The van der Waals surface area contributed by atoms with Crippen molar-refractivity contribution in [2.24, 2.45) is 0 Å². The number of ether oxygens (including phenoxy) is 1. The van der Waals surface area contributed by atoms with Gasteiger partial charge in [0.15, 0.2) is 0 Å². The summed E-state index contributed by atoms with van der Waals surface area (Å²) in [7, 11) is -3.77. The van der Waals surface area contributed by atoms with E-state index in [0.717, 1.165) is 12.1 Å². The molecule has 0 radical (unpaired) electrons. The van der Waals surface area contributed by atoms with E-state index >= 15 is 0 Å². The Morgan fingerprint density at radius 1 is 1.04 bits per heavy atom. The first kappa shape index (κ1) is 16.7. The molecule has 23 heavy (non-hydrogen) atoms.